The van der Waals surface area contributed by atoms with E-state index in [0.29, 0.717) is 17.3 Å². The Kier molecular flexibility index (Phi) is 6.97. The Bertz CT molecular complexity index is 753. The third-order valence-electron chi connectivity index (χ3n) is 4.79. The van der Waals surface area contributed by atoms with Crippen LogP contribution in [-0.4, -0.2) is 75.9 Å². The number of ether oxygens (including phenoxy) is 2. The SMILES string of the molecule is C=CCOC(=O)C1=C(S[C@@H]2CCN(C(=O)OCC=C)C2)S[C@@H]2[C@@H]([C@@H](C)O)C(=O)N12. The molecule has 0 aliphatic carbocycles. The number of esters is 1. The van der Waals surface area contributed by atoms with E-state index in [0.717, 1.165) is 6.42 Å². The molecule has 2 saturated heterocycles. The largest absolute Gasteiger partial charge is 0.457 e. The summed E-state index contributed by atoms with van der Waals surface area (Å²) in [5.41, 5.74) is 0.224. The summed E-state index contributed by atoms with van der Waals surface area (Å²) in [6.45, 7) is 9.88. The van der Waals surface area contributed by atoms with Gasteiger partial charge in [0.05, 0.1) is 16.3 Å². The molecule has 0 aromatic rings. The first-order valence-corrected chi connectivity index (χ1v) is 11.0. The van der Waals surface area contributed by atoms with Crippen molar-refractivity contribution in [2.24, 2.45) is 5.92 Å². The average Bonchev–Trinajstić information content (AvgIpc) is 3.27. The number of thioether (sulfide) groups is 2. The molecule has 1 N–H and O–H groups in total. The molecule has 0 radical (unpaired) electrons. The van der Waals surface area contributed by atoms with Crippen molar-refractivity contribution in [2.75, 3.05) is 26.3 Å². The molecule has 2 fully saturated rings. The third-order valence-corrected chi connectivity index (χ3v) is 7.65. The maximum Gasteiger partial charge on any atom is 0.410 e. The molecule has 0 spiro atoms. The first-order chi connectivity index (χ1) is 13.9. The number of likely N-dealkylation sites (tertiary alicyclic amines) is 1. The molecule has 158 valence electrons. The summed E-state index contributed by atoms with van der Waals surface area (Å²) in [5, 5.41) is 9.66. The predicted molar refractivity (Wildman–Crippen MR) is 111 cm³/mol. The van der Waals surface area contributed by atoms with Crippen molar-refractivity contribution < 1.29 is 29.0 Å². The zero-order chi connectivity index (χ0) is 21.1. The van der Waals surface area contributed by atoms with Crippen molar-refractivity contribution in [1.29, 1.82) is 0 Å². The van der Waals surface area contributed by atoms with E-state index in [1.165, 1.54) is 40.6 Å². The zero-order valence-electron chi connectivity index (χ0n) is 16.1. The topological polar surface area (TPSA) is 96.4 Å². The van der Waals surface area contributed by atoms with Crippen LogP contribution in [-0.2, 0) is 19.1 Å². The van der Waals surface area contributed by atoms with E-state index in [1.54, 1.807) is 11.8 Å². The number of rotatable bonds is 8. The summed E-state index contributed by atoms with van der Waals surface area (Å²) >= 11 is 2.86. The molecule has 0 unspecified atom stereocenters. The molecule has 2 amide bonds. The molecular weight excluding hydrogens is 416 g/mol. The van der Waals surface area contributed by atoms with Crippen LogP contribution in [0.3, 0.4) is 0 Å². The van der Waals surface area contributed by atoms with Gasteiger partial charge in [-0.25, -0.2) is 9.59 Å². The summed E-state index contributed by atoms with van der Waals surface area (Å²) in [6, 6.07) is 0. The van der Waals surface area contributed by atoms with E-state index >= 15 is 0 Å². The van der Waals surface area contributed by atoms with Crippen LogP contribution in [0.25, 0.3) is 0 Å². The zero-order valence-corrected chi connectivity index (χ0v) is 17.7. The van der Waals surface area contributed by atoms with Crippen LogP contribution in [0.4, 0.5) is 4.79 Å². The summed E-state index contributed by atoms with van der Waals surface area (Å²) in [7, 11) is 0. The Morgan fingerprint density at radius 1 is 1.34 bits per heavy atom. The minimum Gasteiger partial charge on any atom is -0.457 e. The monoisotopic (exact) mass is 440 g/mol. The van der Waals surface area contributed by atoms with E-state index in [2.05, 4.69) is 13.2 Å². The summed E-state index contributed by atoms with van der Waals surface area (Å²) in [6.07, 6.45) is 2.53. The van der Waals surface area contributed by atoms with Crippen molar-refractivity contribution in [2.45, 2.75) is 30.1 Å². The van der Waals surface area contributed by atoms with Gasteiger partial charge in [0, 0.05) is 18.3 Å². The van der Waals surface area contributed by atoms with Crippen molar-refractivity contribution >= 4 is 41.5 Å². The maximum atomic E-state index is 12.6. The minimum absolute atomic E-state index is 0.0455. The molecular formula is C19H24N2O6S2. The van der Waals surface area contributed by atoms with E-state index in [-0.39, 0.29) is 41.5 Å². The van der Waals surface area contributed by atoms with Gasteiger partial charge >= 0.3 is 12.1 Å². The van der Waals surface area contributed by atoms with Crippen molar-refractivity contribution in [3.8, 4) is 0 Å². The number of hydrogen-bond donors (Lipinski definition) is 1. The average molecular weight is 441 g/mol. The van der Waals surface area contributed by atoms with Gasteiger partial charge in [-0.1, -0.05) is 37.1 Å². The number of carbonyl (C=O) groups is 3. The normalized spacial score (nSPS) is 26.7. The van der Waals surface area contributed by atoms with E-state index < -0.39 is 18.0 Å². The van der Waals surface area contributed by atoms with Crippen LogP contribution in [0.1, 0.15) is 13.3 Å². The van der Waals surface area contributed by atoms with Gasteiger partial charge in [-0.15, -0.1) is 11.8 Å². The number of nitrogens with zero attached hydrogens (tertiary/aromatic N) is 2. The molecule has 10 heteroatoms. The van der Waals surface area contributed by atoms with Crippen LogP contribution < -0.4 is 0 Å². The molecule has 4 atom stereocenters. The lowest BCUT2D eigenvalue weighted by Gasteiger charge is -2.43. The maximum absolute atomic E-state index is 12.6. The van der Waals surface area contributed by atoms with Gasteiger partial charge in [-0.3, -0.25) is 9.69 Å². The highest BCUT2D eigenvalue weighted by Gasteiger charge is 2.58. The summed E-state index contributed by atoms with van der Waals surface area (Å²) < 4.78 is 10.9. The number of carbonyl (C=O) groups excluding carboxylic acids is 3. The Labute approximate surface area is 177 Å². The van der Waals surface area contributed by atoms with Crippen LogP contribution in [0.2, 0.25) is 0 Å². The lowest BCUT2D eigenvalue weighted by atomic mass is 9.92. The second-order valence-corrected chi connectivity index (χ2v) is 9.54. The molecule has 3 rings (SSSR count). The molecule has 3 aliphatic rings. The van der Waals surface area contributed by atoms with Gasteiger partial charge in [0.15, 0.2) is 5.70 Å². The number of aliphatic hydroxyl groups excluding tert-OH is 1. The van der Waals surface area contributed by atoms with Crippen molar-refractivity contribution in [3.63, 3.8) is 0 Å². The van der Waals surface area contributed by atoms with Crippen LogP contribution >= 0.6 is 23.5 Å². The second kappa shape index (κ2) is 9.27. The molecule has 3 heterocycles. The molecule has 0 saturated carbocycles. The van der Waals surface area contributed by atoms with Crippen molar-refractivity contribution in [1.82, 2.24) is 9.80 Å². The molecule has 0 aromatic heterocycles. The predicted octanol–water partition coefficient (Wildman–Crippen LogP) is 1.93. The molecule has 0 aromatic carbocycles. The third kappa shape index (κ3) is 4.34. The molecule has 0 bridgehead atoms. The van der Waals surface area contributed by atoms with E-state index in [4.69, 9.17) is 9.47 Å². The Morgan fingerprint density at radius 2 is 2.03 bits per heavy atom. The second-order valence-electron chi connectivity index (χ2n) is 6.85. The highest BCUT2D eigenvalue weighted by Crippen LogP contribution is 2.55. The lowest BCUT2D eigenvalue weighted by Crippen LogP contribution is -2.60. The molecule has 3 aliphatic heterocycles. The number of amides is 2. The molecule has 8 nitrogen and oxygen atoms in total. The number of hydrogen-bond acceptors (Lipinski definition) is 8. The highest BCUT2D eigenvalue weighted by molar-refractivity contribution is 8.23. The van der Waals surface area contributed by atoms with Crippen LogP contribution in [0, 0.1) is 5.92 Å². The number of aliphatic hydroxyl groups is 1. The first kappa shape index (κ1) is 21.8. The Morgan fingerprint density at radius 3 is 2.69 bits per heavy atom. The fourth-order valence-corrected chi connectivity index (χ4v) is 6.71. The standard InChI is InChI=1S/C19H24N2O6S2/c1-4-8-26-17(24)14-18(29-16-13(11(3)22)15(23)21(14)16)28-12-6-7-20(10-12)19(25)27-9-5-2/h4-5,11-13,16,22H,1-2,6-10H2,3H3/t11-,12-,13+,16-/m1/s1. The van der Waals surface area contributed by atoms with Gasteiger partial charge in [-0.05, 0) is 13.3 Å². The highest BCUT2D eigenvalue weighted by atomic mass is 32.2. The van der Waals surface area contributed by atoms with Crippen molar-refractivity contribution in [3.05, 3.63) is 35.2 Å². The van der Waals surface area contributed by atoms with Gasteiger partial charge in [-0.2, -0.15) is 0 Å². The minimum atomic E-state index is -0.798. The fraction of sp³-hybridized carbons (Fsp3) is 0.526. The number of β-lactam (4-membered cyclic amide) rings is 1. The van der Waals surface area contributed by atoms with Gasteiger partial charge in [0.25, 0.3) is 0 Å². The van der Waals surface area contributed by atoms with Crippen LogP contribution in [0.5, 0.6) is 0 Å². The van der Waals surface area contributed by atoms with Crippen LogP contribution in [0.15, 0.2) is 35.2 Å². The quantitative estimate of drug-likeness (QED) is 0.347. The van der Waals surface area contributed by atoms with E-state index in [1.807, 2.05) is 0 Å². The van der Waals surface area contributed by atoms with E-state index in [9.17, 15) is 19.5 Å². The summed E-state index contributed by atoms with van der Waals surface area (Å²) in [5.74, 6) is -1.41. The first-order valence-electron chi connectivity index (χ1n) is 9.28. The molecule has 29 heavy (non-hydrogen) atoms. The van der Waals surface area contributed by atoms with Gasteiger partial charge in [0.2, 0.25) is 5.91 Å². The summed E-state index contributed by atoms with van der Waals surface area (Å²) in [4.78, 5) is 40.1. The Balaban J connectivity index is 1.72. The number of fused-ring (bicyclic) bond motifs is 1. The Hall–Kier alpha value is -1.91. The fourth-order valence-electron chi connectivity index (χ4n) is 3.39. The van der Waals surface area contributed by atoms with Gasteiger partial charge < -0.3 is 19.5 Å². The van der Waals surface area contributed by atoms with Gasteiger partial charge in [0.1, 0.15) is 18.6 Å². The smallest absolute Gasteiger partial charge is 0.410 e. The lowest BCUT2D eigenvalue weighted by molar-refractivity contribution is -0.157.